The first kappa shape index (κ1) is 16.2. The lowest BCUT2D eigenvalue weighted by Gasteiger charge is -2.18. The van der Waals surface area contributed by atoms with Crippen molar-refractivity contribution < 1.29 is 9.50 Å². The van der Waals surface area contributed by atoms with Crippen molar-refractivity contribution in [2.75, 3.05) is 17.2 Å². The summed E-state index contributed by atoms with van der Waals surface area (Å²) in [5, 5.41) is 22.3. The number of nitrogens with zero attached hydrogens (tertiary/aromatic N) is 3. The predicted molar refractivity (Wildman–Crippen MR) is 88.8 cm³/mol. The monoisotopic (exact) mass is 348 g/mol. The number of benzene rings is 1. The van der Waals surface area contributed by atoms with Gasteiger partial charge in [-0.15, -0.1) is 0 Å². The Labute approximate surface area is 141 Å². The fourth-order valence-electron chi connectivity index (χ4n) is 2.10. The van der Waals surface area contributed by atoms with E-state index in [2.05, 4.69) is 30.8 Å². The van der Waals surface area contributed by atoms with Gasteiger partial charge in [-0.25, -0.2) is 9.37 Å². The Morgan fingerprint density at radius 2 is 2.21 bits per heavy atom. The van der Waals surface area contributed by atoms with Gasteiger partial charge >= 0.3 is 0 Å². The molecule has 3 aromatic rings. The van der Waals surface area contributed by atoms with Crippen LogP contribution in [0.25, 0.3) is 0 Å². The molecular weight excluding hydrogens is 335 g/mol. The zero-order valence-corrected chi connectivity index (χ0v) is 13.1. The number of H-pyrrole nitrogens is 1. The quantitative estimate of drug-likeness (QED) is 0.546. The molecule has 1 aromatic carbocycles. The molecule has 2 heterocycles. The molecule has 2 aromatic heterocycles. The molecule has 4 N–H and O–H groups in total. The van der Waals surface area contributed by atoms with Crippen molar-refractivity contribution in [3.63, 3.8) is 0 Å². The summed E-state index contributed by atoms with van der Waals surface area (Å²) in [4.78, 5) is 8.35. The van der Waals surface area contributed by atoms with Gasteiger partial charge in [-0.3, -0.25) is 5.10 Å². The second-order valence-electron chi connectivity index (χ2n) is 4.94. The lowest BCUT2D eigenvalue weighted by atomic mass is 10.1. The molecule has 1 atom stereocenters. The zero-order chi connectivity index (χ0) is 16.9. The third-order valence-corrected chi connectivity index (χ3v) is 3.52. The average molecular weight is 349 g/mol. The van der Waals surface area contributed by atoms with Gasteiger partial charge in [0.15, 0.2) is 5.82 Å². The number of aliphatic hydroxyl groups is 1. The largest absolute Gasteiger partial charge is 0.394 e. The van der Waals surface area contributed by atoms with Crippen LogP contribution in [0.5, 0.6) is 0 Å². The summed E-state index contributed by atoms with van der Waals surface area (Å²) in [6.45, 7) is -0.256. The van der Waals surface area contributed by atoms with Gasteiger partial charge in [0.25, 0.3) is 0 Å². The van der Waals surface area contributed by atoms with Crippen molar-refractivity contribution in [3.05, 3.63) is 59.3 Å². The average Bonchev–Trinajstić information content (AvgIpc) is 3.08. The Morgan fingerprint density at radius 3 is 2.92 bits per heavy atom. The number of anilines is 3. The van der Waals surface area contributed by atoms with E-state index in [1.807, 2.05) is 0 Å². The first-order valence-corrected chi connectivity index (χ1v) is 7.44. The molecule has 0 aliphatic carbocycles. The number of aromatic nitrogens is 4. The molecule has 9 heteroatoms. The maximum atomic E-state index is 13.4. The van der Waals surface area contributed by atoms with Crippen LogP contribution < -0.4 is 10.6 Å². The summed E-state index contributed by atoms with van der Waals surface area (Å²) in [6.07, 6.45) is 4.65. The van der Waals surface area contributed by atoms with Crippen LogP contribution in [-0.4, -0.2) is 31.9 Å². The van der Waals surface area contributed by atoms with Crippen molar-refractivity contribution in [3.8, 4) is 0 Å². The van der Waals surface area contributed by atoms with Gasteiger partial charge in [0, 0.05) is 6.20 Å². The van der Waals surface area contributed by atoms with Crippen LogP contribution >= 0.6 is 11.6 Å². The molecule has 24 heavy (non-hydrogen) atoms. The second kappa shape index (κ2) is 7.24. The summed E-state index contributed by atoms with van der Waals surface area (Å²) >= 11 is 6.11. The Balaban J connectivity index is 1.82. The van der Waals surface area contributed by atoms with Gasteiger partial charge in [-0.05, 0) is 17.7 Å². The second-order valence-corrected chi connectivity index (χ2v) is 5.34. The minimum absolute atomic E-state index is 0.256. The van der Waals surface area contributed by atoms with Gasteiger partial charge in [0.2, 0.25) is 5.95 Å². The summed E-state index contributed by atoms with van der Waals surface area (Å²) in [5.41, 5.74) is 1.27. The number of halogens is 2. The number of rotatable bonds is 6. The van der Waals surface area contributed by atoms with Crippen LogP contribution in [0.1, 0.15) is 11.6 Å². The van der Waals surface area contributed by atoms with E-state index in [-0.39, 0.29) is 17.4 Å². The maximum Gasteiger partial charge on any atom is 0.229 e. The van der Waals surface area contributed by atoms with Crippen molar-refractivity contribution in [2.24, 2.45) is 0 Å². The summed E-state index contributed by atoms with van der Waals surface area (Å²) in [7, 11) is 0. The Kier molecular flexibility index (Phi) is 4.88. The van der Waals surface area contributed by atoms with E-state index in [9.17, 15) is 9.50 Å². The summed E-state index contributed by atoms with van der Waals surface area (Å²) in [5.74, 6) is 0.240. The minimum atomic E-state index is -0.560. The Bertz CT molecular complexity index is 813. The molecule has 124 valence electrons. The van der Waals surface area contributed by atoms with E-state index < -0.39 is 6.04 Å². The number of aromatic amines is 1. The highest BCUT2D eigenvalue weighted by Crippen LogP contribution is 2.26. The van der Waals surface area contributed by atoms with Gasteiger partial charge in [-0.2, -0.15) is 10.1 Å². The first-order chi connectivity index (χ1) is 11.7. The van der Waals surface area contributed by atoms with E-state index in [1.165, 1.54) is 18.3 Å². The summed E-state index contributed by atoms with van der Waals surface area (Å²) in [6, 6.07) is 5.39. The minimum Gasteiger partial charge on any atom is -0.394 e. The Morgan fingerprint density at radius 1 is 1.33 bits per heavy atom. The lowest BCUT2D eigenvalue weighted by molar-refractivity contribution is 0.276. The molecule has 0 saturated carbocycles. The van der Waals surface area contributed by atoms with Crippen molar-refractivity contribution in [1.82, 2.24) is 20.2 Å². The summed E-state index contributed by atoms with van der Waals surface area (Å²) < 4.78 is 13.4. The molecule has 0 fully saturated rings. The third-order valence-electron chi connectivity index (χ3n) is 3.24. The highest BCUT2D eigenvalue weighted by molar-refractivity contribution is 6.32. The molecule has 0 saturated heterocycles. The fraction of sp³-hybridized carbons (Fsp3) is 0.133. The topological polar surface area (TPSA) is 98.7 Å². The van der Waals surface area contributed by atoms with E-state index in [0.717, 1.165) is 0 Å². The maximum absolute atomic E-state index is 13.4. The first-order valence-electron chi connectivity index (χ1n) is 7.07. The molecule has 0 aliphatic rings. The number of aliphatic hydroxyl groups excluding tert-OH is 1. The third kappa shape index (κ3) is 3.79. The normalized spacial score (nSPS) is 12.0. The van der Waals surface area contributed by atoms with Crippen LogP contribution in [0.4, 0.5) is 21.8 Å². The van der Waals surface area contributed by atoms with Gasteiger partial charge in [0.1, 0.15) is 10.8 Å². The van der Waals surface area contributed by atoms with E-state index in [1.54, 1.807) is 24.5 Å². The smallest absolute Gasteiger partial charge is 0.229 e. The predicted octanol–water partition coefficient (Wildman–Crippen LogP) is 2.88. The van der Waals surface area contributed by atoms with Gasteiger partial charge < -0.3 is 15.7 Å². The number of nitrogens with one attached hydrogen (secondary N) is 3. The van der Waals surface area contributed by atoms with Crippen molar-refractivity contribution in [1.29, 1.82) is 0 Å². The van der Waals surface area contributed by atoms with Crippen LogP contribution in [0.15, 0.2) is 42.9 Å². The SMILES string of the molecule is OCC(Nc1nc(Nc2cn[nH]c2)ncc1Cl)c1cccc(F)c1. The highest BCUT2D eigenvalue weighted by Gasteiger charge is 2.15. The molecule has 0 radical (unpaired) electrons. The molecule has 0 spiro atoms. The molecule has 0 amide bonds. The van der Waals surface area contributed by atoms with Crippen molar-refractivity contribution >= 4 is 29.1 Å². The zero-order valence-electron chi connectivity index (χ0n) is 12.4. The van der Waals surface area contributed by atoms with E-state index >= 15 is 0 Å². The highest BCUT2D eigenvalue weighted by atomic mass is 35.5. The molecule has 3 rings (SSSR count). The van der Waals surface area contributed by atoms with E-state index in [0.29, 0.717) is 23.0 Å². The van der Waals surface area contributed by atoms with Gasteiger partial charge in [-0.1, -0.05) is 23.7 Å². The lowest BCUT2D eigenvalue weighted by Crippen LogP contribution is -2.16. The molecule has 0 bridgehead atoms. The van der Waals surface area contributed by atoms with Crippen LogP contribution in [0.3, 0.4) is 0 Å². The molecule has 1 unspecified atom stereocenters. The van der Waals surface area contributed by atoms with Crippen molar-refractivity contribution in [2.45, 2.75) is 6.04 Å². The van der Waals surface area contributed by atoms with Crippen LogP contribution in [-0.2, 0) is 0 Å². The fourth-order valence-corrected chi connectivity index (χ4v) is 2.25. The van der Waals surface area contributed by atoms with Crippen LogP contribution in [0, 0.1) is 5.82 Å². The molecule has 0 aliphatic heterocycles. The molecule has 7 nitrogen and oxygen atoms in total. The molecular formula is C15H14ClFN6O. The Hall–Kier alpha value is -2.71. The van der Waals surface area contributed by atoms with E-state index in [4.69, 9.17) is 11.6 Å². The number of hydrogen-bond acceptors (Lipinski definition) is 6. The van der Waals surface area contributed by atoms with Gasteiger partial charge in [0.05, 0.1) is 30.7 Å². The number of hydrogen-bond donors (Lipinski definition) is 4. The standard InChI is InChI=1S/C15H14ClFN6O/c16-12-7-18-15(21-11-5-19-20-6-11)23-14(12)22-13(8-24)9-2-1-3-10(17)4-9/h1-7,13,24H,8H2,(H,19,20)(H2,18,21,22,23). The van der Waals surface area contributed by atoms with Crippen LogP contribution in [0.2, 0.25) is 5.02 Å².